The maximum Gasteiger partial charge on any atom is 0.220 e. The van der Waals surface area contributed by atoms with E-state index in [1.54, 1.807) is 7.11 Å². The molecule has 1 fully saturated rings. The third-order valence-electron chi connectivity index (χ3n) is 4.40. The lowest BCUT2D eigenvalue weighted by Crippen LogP contribution is -2.40. The van der Waals surface area contributed by atoms with Crippen molar-refractivity contribution in [1.82, 2.24) is 10.2 Å². The normalized spacial score (nSPS) is 17.0. The summed E-state index contributed by atoms with van der Waals surface area (Å²) in [5.74, 6) is 1.41. The molecule has 1 amide bonds. The molecule has 23 heavy (non-hydrogen) atoms. The number of carbonyl (C=O) groups excluding carboxylic acids is 1. The number of rotatable bonds is 7. The molecule has 128 valence electrons. The van der Waals surface area contributed by atoms with E-state index in [0.29, 0.717) is 18.9 Å². The number of nitrogens with zero attached hydrogens (tertiary/aromatic N) is 1. The Labute approximate surface area is 140 Å². The van der Waals surface area contributed by atoms with E-state index in [1.165, 1.54) is 24.8 Å². The van der Waals surface area contributed by atoms with Crippen LogP contribution in [0.15, 0.2) is 24.3 Å². The fourth-order valence-electron chi connectivity index (χ4n) is 3.19. The molecule has 4 nitrogen and oxygen atoms in total. The Morgan fingerprint density at radius 3 is 2.65 bits per heavy atom. The summed E-state index contributed by atoms with van der Waals surface area (Å²) in [6.07, 6.45) is 4.37. The molecule has 1 heterocycles. The zero-order chi connectivity index (χ0) is 16.7. The van der Waals surface area contributed by atoms with Crippen molar-refractivity contribution in [1.29, 1.82) is 0 Å². The lowest BCUT2D eigenvalue weighted by Gasteiger charge is -2.35. The zero-order valence-electron chi connectivity index (χ0n) is 14.7. The highest BCUT2D eigenvalue weighted by Gasteiger charge is 2.23. The van der Waals surface area contributed by atoms with Crippen LogP contribution >= 0.6 is 0 Å². The number of benzene rings is 1. The standard InChI is InChI=1S/C19H30N2O2/c1-15(2)12-19(22)20-14-18(21-10-5-4-6-11-21)16-8-7-9-17(13-16)23-3/h7-9,13,15,18H,4-6,10-12,14H2,1-3H3,(H,20,22). The SMILES string of the molecule is COc1cccc(C(CNC(=O)CC(C)C)N2CCCCC2)c1. The first kappa shape index (κ1) is 17.8. The number of carbonyl (C=O) groups is 1. The van der Waals surface area contributed by atoms with Crippen LogP contribution in [0, 0.1) is 5.92 Å². The highest BCUT2D eigenvalue weighted by molar-refractivity contribution is 5.76. The third-order valence-corrected chi connectivity index (χ3v) is 4.40. The van der Waals surface area contributed by atoms with Gasteiger partial charge in [0.2, 0.25) is 5.91 Å². The fourth-order valence-corrected chi connectivity index (χ4v) is 3.19. The van der Waals surface area contributed by atoms with Crippen molar-refractivity contribution in [2.24, 2.45) is 5.92 Å². The summed E-state index contributed by atoms with van der Waals surface area (Å²) >= 11 is 0. The van der Waals surface area contributed by atoms with Crippen molar-refractivity contribution in [3.05, 3.63) is 29.8 Å². The average molecular weight is 318 g/mol. The molecule has 0 radical (unpaired) electrons. The van der Waals surface area contributed by atoms with Crippen LogP contribution in [0.1, 0.15) is 51.1 Å². The number of nitrogens with one attached hydrogen (secondary N) is 1. The minimum atomic E-state index is 0.143. The summed E-state index contributed by atoms with van der Waals surface area (Å²) in [4.78, 5) is 14.5. The van der Waals surface area contributed by atoms with Crippen LogP contribution in [0.5, 0.6) is 5.75 Å². The zero-order valence-corrected chi connectivity index (χ0v) is 14.7. The molecule has 0 saturated carbocycles. The van der Waals surface area contributed by atoms with Crippen molar-refractivity contribution in [3.63, 3.8) is 0 Å². The van der Waals surface area contributed by atoms with Gasteiger partial charge in [-0.3, -0.25) is 9.69 Å². The van der Waals surface area contributed by atoms with Crippen LogP contribution < -0.4 is 10.1 Å². The Balaban J connectivity index is 2.09. The van der Waals surface area contributed by atoms with Gasteiger partial charge in [-0.2, -0.15) is 0 Å². The average Bonchev–Trinajstić information content (AvgIpc) is 2.55. The lowest BCUT2D eigenvalue weighted by atomic mass is 10.0. The molecule has 0 aliphatic carbocycles. The molecule has 1 unspecified atom stereocenters. The molecule has 0 bridgehead atoms. The van der Waals surface area contributed by atoms with Gasteiger partial charge in [-0.15, -0.1) is 0 Å². The molecular formula is C19H30N2O2. The van der Waals surface area contributed by atoms with Crippen molar-refractivity contribution in [2.75, 3.05) is 26.7 Å². The fraction of sp³-hybridized carbons (Fsp3) is 0.632. The monoisotopic (exact) mass is 318 g/mol. The predicted molar refractivity (Wildman–Crippen MR) is 93.6 cm³/mol. The topological polar surface area (TPSA) is 41.6 Å². The van der Waals surface area contributed by atoms with Gasteiger partial charge >= 0.3 is 0 Å². The van der Waals surface area contributed by atoms with Gasteiger partial charge in [0.1, 0.15) is 5.75 Å². The van der Waals surface area contributed by atoms with E-state index in [-0.39, 0.29) is 11.9 Å². The number of hydrogen-bond acceptors (Lipinski definition) is 3. The van der Waals surface area contributed by atoms with Crippen molar-refractivity contribution in [3.8, 4) is 5.75 Å². The number of ether oxygens (including phenoxy) is 1. The molecule has 1 saturated heterocycles. The Kier molecular flexibility index (Phi) is 6.90. The van der Waals surface area contributed by atoms with E-state index in [1.807, 2.05) is 12.1 Å². The maximum absolute atomic E-state index is 12.0. The first-order valence-corrected chi connectivity index (χ1v) is 8.75. The molecule has 0 spiro atoms. The molecule has 1 aliphatic heterocycles. The third kappa shape index (κ3) is 5.54. The van der Waals surface area contributed by atoms with Crippen LogP contribution in [0.2, 0.25) is 0 Å². The van der Waals surface area contributed by atoms with Gasteiger partial charge in [0.15, 0.2) is 0 Å². The van der Waals surface area contributed by atoms with E-state index < -0.39 is 0 Å². The molecule has 2 rings (SSSR count). The Bertz CT molecular complexity index is 496. The number of amides is 1. The molecular weight excluding hydrogens is 288 g/mol. The quantitative estimate of drug-likeness (QED) is 0.838. The van der Waals surface area contributed by atoms with E-state index in [9.17, 15) is 4.79 Å². The van der Waals surface area contributed by atoms with E-state index in [2.05, 4.69) is 36.2 Å². The largest absolute Gasteiger partial charge is 0.497 e. The summed E-state index contributed by atoms with van der Waals surface area (Å²) < 4.78 is 5.36. The highest BCUT2D eigenvalue weighted by Crippen LogP contribution is 2.26. The molecule has 1 aliphatic rings. The Morgan fingerprint density at radius 2 is 2.00 bits per heavy atom. The molecule has 1 aromatic rings. The summed E-state index contributed by atoms with van der Waals surface area (Å²) in [5.41, 5.74) is 1.22. The van der Waals surface area contributed by atoms with E-state index >= 15 is 0 Å². The number of likely N-dealkylation sites (tertiary alicyclic amines) is 1. The molecule has 4 heteroatoms. The second-order valence-electron chi connectivity index (χ2n) is 6.79. The number of methoxy groups -OCH3 is 1. The minimum Gasteiger partial charge on any atom is -0.497 e. The predicted octanol–water partition coefficient (Wildman–Crippen LogP) is 3.38. The first-order chi connectivity index (χ1) is 11.1. The van der Waals surface area contributed by atoms with E-state index in [0.717, 1.165) is 18.8 Å². The van der Waals surface area contributed by atoms with Gasteiger partial charge in [0.05, 0.1) is 13.2 Å². The van der Waals surface area contributed by atoms with Crippen LogP contribution in [0.25, 0.3) is 0 Å². The van der Waals surface area contributed by atoms with Crippen molar-refractivity contribution >= 4 is 5.91 Å². The van der Waals surface area contributed by atoms with Crippen LogP contribution in [-0.4, -0.2) is 37.6 Å². The van der Waals surface area contributed by atoms with Gasteiger partial charge in [0, 0.05) is 13.0 Å². The number of hydrogen-bond donors (Lipinski definition) is 1. The van der Waals surface area contributed by atoms with Crippen LogP contribution in [0.3, 0.4) is 0 Å². The number of piperidine rings is 1. The van der Waals surface area contributed by atoms with Gasteiger partial charge < -0.3 is 10.1 Å². The first-order valence-electron chi connectivity index (χ1n) is 8.75. The second-order valence-corrected chi connectivity index (χ2v) is 6.79. The molecule has 1 N–H and O–H groups in total. The summed E-state index contributed by atoms with van der Waals surface area (Å²) in [6, 6.07) is 8.45. The minimum absolute atomic E-state index is 0.143. The highest BCUT2D eigenvalue weighted by atomic mass is 16.5. The Hall–Kier alpha value is -1.55. The molecule has 0 aromatic heterocycles. The van der Waals surface area contributed by atoms with Gasteiger partial charge in [-0.05, 0) is 49.5 Å². The lowest BCUT2D eigenvalue weighted by molar-refractivity contribution is -0.122. The van der Waals surface area contributed by atoms with Gasteiger partial charge in [-0.1, -0.05) is 32.4 Å². The second kappa shape index (κ2) is 8.92. The summed E-state index contributed by atoms with van der Waals surface area (Å²) in [7, 11) is 1.69. The van der Waals surface area contributed by atoms with Crippen LogP contribution in [-0.2, 0) is 4.79 Å². The molecule has 1 atom stereocenters. The van der Waals surface area contributed by atoms with Gasteiger partial charge in [-0.25, -0.2) is 0 Å². The van der Waals surface area contributed by atoms with Crippen LogP contribution in [0.4, 0.5) is 0 Å². The maximum atomic E-state index is 12.0. The smallest absolute Gasteiger partial charge is 0.220 e. The van der Waals surface area contributed by atoms with E-state index in [4.69, 9.17) is 4.74 Å². The van der Waals surface area contributed by atoms with Crippen molar-refractivity contribution < 1.29 is 9.53 Å². The summed E-state index contributed by atoms with van der Waals surface area (Å²) in [5, 5.41) is 3.13. The molecule has 1 aromatic carbocycles. The van der Waals surface area contributed by atoms with Gasteiger partial charge in [0.25, 0.3) is 0 Å². The Morgan fingerprint density at radius 1 is 1.26 bits per heavy atom. The van der Waals surface area contributed by atoms with Crippen molar-refractivity contribution in [2.45, 2.75) is 45.6 Å². The summed E-state index contributed by atoms with van der Waals surface area (Å²) in [6.45, 7) is 7.01.